The molecular weight excluding hydrogens is 460 g/mol. The molecule has 1 aliphatic heterocycles. The summed E-state index contributed by atoms with van der Waals surface area (Å²) in [6, 6.07) is 4.09. The Balaban J connectivity index is 1.82. The van der Waals surface area contributed by atoms with E-state index >= 15 is 0 Å². The Kier molecular flexibility index (Phi) is 9.22. The van der Waals surface area contributed by atoms with E-state index in [4.69, 9.17) is 9.47 Å². The molecule has 1 saturated heterocycles. The van der Waals surface area contributed by atoms with Crippen molar-refractivity contribution in [3.8, 4) is 11.8 Å². The zero-order valence-electron chi connectivity index (χ0n) is 21.3. The van der Waals surface area contributed by atoms with Crippen molar-refractivity contribution in [2.24, 2.45) is 10.9 Å². The highest BCUT2D eigenvalue weighted by Crippen LogP contribution is 2.28. The summed E-state index contributed by atoms with van der Waals surface area (Å²) in [6.45, 7) is 12.3. The van der Waals surface area contributed by atoms with Crippen molar-refractivity contribution in [2.75, 3.05) is 46.5 Å². The predicted octanol–water partition coefficient (Wildman–Crippen LogP) is 2.34. The highest BCUT2D eigenvalue weighted by Gasteiger charge is 2.28. The summed E-state index contributed by atoms with van der Waals surface area (Å²) in [7, 11) is 1.61. The Morgan fingerprint density at radius 2 is 1.97 bits per heavy atom. The summed E-state index contributed by atoms with van der Waals surface area (Å²) < 4.78 is 12.5. The second-order valence-electron chi connectivity index (χ2n) is 8.93. The summed E-state index contributed by atoms with van der Waals surface area (Å²) in [5, 5.41) is 24.0. The van der Waals surface area contributed by atoms with Gasteiger partial charge in [0.25, 0.3) is 5.91 Å². The van der Waals surface area contributed by atoms with E-state index < -0.39 is 6.10 Å². The first-order chi connectivity index (χ1) is 17.3. The van der Waals surface area contributed by atoms with Gasteiger partial charge in [-0.05, 0) is 37.3 Å². The van der Waals surface area contributed by atoms with Gasteiger partial charge in [0.05, 0.1) is 30.1 Å². The molecule has 0 unspecified atom stereocenters. The number of ether oxygens (including phenoxy) is 2. The minimum Gasteiger partial charge on any atom is -0.490 e. The summed E-state index contributed by atoms with van der Waals surface area (Å²) in [6.07, 6.45) is 6.09. The Morgan fingerprint density at radius 1 is 1.28 bits per heavy atom. The Morgan fingerprint density at radius 3 is 2.58 bits per heavy atom. The van der Waals surface area contributed by atoms with Gasteiger partial charge in [-0.15, -0.1) is 0 Å². The van der Waals surface area contributed by atoms with Gasteiger partial charge in [0.1, 0.15) is 30.4 Å². The van der Waals surface area contributed by atoms with Crippen molar-refractivity contribution in [1.82, 2.24) is 19.4 Å². The number of hydrogen-bond acceptors (Lipinski definition) is 8. The third-order valence-electron chi connectivity index (χ3n) is 6.13. The van der Waals surface area contributed by atoms with Crippen molar-refractivity contribution in [1.29, 1.82) is 5.26 Å². The standard InChI is InChI=1S/C26H34N6O4/c1-18(2)25(33)26(34)31-10-8-30(9-11-31)23(28-4)7-6-19(3)22-14-21(36-13-12-35-5)17-32-24(22)20(15-27)16-29-32/h6-7,14,16-18,25,33H,4,8-13H2,1-3,5H3/b19-6+,23-7+/t25-/m1/s1. The summed E-state index contributed by atoms with van der Waals surface area (Å²) in [5.74, 6) is 0.943. The number of aromatic nitrogens is 2. The first-order valence-corrected chi connectivity index (χ1v) is 11.9. The zero-order chi connectivity index (χ0) is 26.2. The first kappa shape index (κ1) is 26.9. The number of piperazine rings is 1. The molecule has 0 bridgehead atoms. The monoisotopic (exact) mass is 494 g/mol. The fraction of sp³-hybridized carbons (Fsp3) is 0.462. The van der Waals surface area contributed by atoms with Crippen LogP contribution in [-0.2, 0) is 9.53 Å². The summed E-state index contributed by atoms with van der Waals surface area (Å²) in [4.78, 5) is 20.4. The second-order valence-corrected chi connectivity index (χ2v) is 8.93. The van der Waals surface area contributed by atoms with Gasteiger partial charge < -0.3 is 24.4 Å². The number of aliphatic imine (C=N–C) groups is 1. The number of hydrogen-bond donors (Lipinski definition) is 1. The average molecular weight is 495 g/mol. The lowest BCUT2D eigenvalue weighted by Crippen LogP contribution is -2.51. The number of aliphatic hydroxyl groups is 1. The molecule has 1 atom stereocenters. The lowest BCUT2D eigenvalue weighted by atomic mass is 10.0. The molecule has 1 fully saturated rings. The van der Waals surface area contributed by atoms with Crippen LogP contribution in [0.4, 0.5) is 0 Å². The van der Waals surface area contributed by atoms with Gasteiger partial charge >= 0.3 is 0 Å². The third kappa shape index (κ3) is 6.11. The Bertz CT molecular complexity index is 1180. The molecule has 2 aromatic heterocycles. The fourth-order valence-corrected chi connectivity index (χ4v) is 3.98. The van der Waals surface area contributed by atoms with Gasteiger partial charge in [-0.1, -0.05) is 19.9 Å². The highest BCUT2D eigenvalue weighted by atomic mass is 16.5. The molecule has 1 N–H and O–H groups in total. The molecule has 0 radical (unpaired) electrons. The van der Waals surface area contributed by atoms with Crippen LogP contribution in [-0.4, -0.2) is 89.8 Å². The number of amides is 1. The maximum Gasteiger partial charge on any atom is 0.251 e. The van der Waals surface area contributed by atoms with Gasteiger partial charge in [0.2, 0.25) is 0 Å². The quantitative estimate of drug-likeness (QED) is 0.306. The molecule has 0 aliphatic carbocycles. The molecule has 0 spiro atoms. The van der Waals surface area contributed by atoms with E-state index in [9.17, 15) is 15.2 Å². The smallest absolute Gasteiger partial charge is 0.251 e. The number of pyridine rings is 1. The number of carbonyl (C=O) groups excluding carboxylic acids is 1. The van der Waals surface area contributed by atoms with Gasteiger partial charge in [0, 0.05) is 38.9 Å². The SMILES string of the molecule is C=N/C(=C\C=C(/C)c1cc(OCCOC)cn2ncc(C#N)c12)N1CCN(C(=O)[C@H](O)C(C)C)CC1. The predicted molar refractivity (Wildman–Crippen MR) is 138 cm³/mol. The largest absolute Gasteiger partial charge is 0.490 e. The summed E-state index contributed by atoms with van der Waals surface area (Å²) >= 11 is 0. The van der Waals surface area contributed by atoms with E-state index in [0.29, 0.717) is 62.0 Å². The van der Waals surface area contributed by atoms with Crippen molar-refractivity contribution >= 4 is 23.7 Å². The van der Waals surface area contributed by atoms with Gasteiger partial charge in [-0.3, -0.25) is 4.79 Å². The number of rotatable bonds is 10. The molecule has 10 nitrogen and oxygen atoms in total. The lowest BCUT2D eigenvalue weighted by molar-refractivity contribution is -0.143. The van der Waals surface area contributed by atoms with Gasteiger partial charge in [0.15, 0.2) is 0 Å². The van der Waals surface area contributed by atoms with Crippen LogP contribution < -0.4 is 4.74 Å². The van der Waals surface area contributed by atoms with Crippen LogP contribution in [0.15, 0.2) is 41.4 Å². The molecule has 3 heterocycles. The van der Waals surface area contributed by atoms with Crippen molar-refractivity contribution in [2.45, 2.75) is 26.9 Å². The number of allylic oxidation sites excluding steroid dienone is 3. The zero-order valence-corrected chi connectivity index (χ0v) is 21.3. The van der Waals surface area contributed by atoms with E-state index in [1.54, 1.807) is 22.7 Å². The molecular formula is C26H34N6O4. The van der Waals surface area contributed by atoms with E-state index in [1.165, 1.54) is 6.20 Å². The van der Waals surface area contributed by atoms with E-state index in [0.717, 1.165) is 11.1 Å². The third-order valence-corrected chi connectivity index (χ3v) is 6.13. The normalized spacial score (nSPS) is 15.8. The number of methoxy groups -OCH3 is 1. The molecule has 0 saturated carbocycles. The molecule has 10 heteroatoms. The average Bonchev–Trinajstić information content (AvgIpc) is 3.31. The minimum absolute atomic E-state index is 0.123. The van der Waals surface area contributed by atoms with Crippen molar-refractivity contribution in [3.05, 3.63) is 47.6 Å². The first-order valence-electron chi connectivity index (χ1n) is 11.9. The Hall–Kier alpha value is -3.68. The van der Waals surface area contributed by atoms with Crippen LogP contribution in [0.25, 0.3) is 11.1 Å². The fourth-order valence-electron chi connectivity index (χ4n) is 3.98. The van der Waals surface area contributed by atoms with Crippen LogP contribution in [0.2, 0.25) is 0 Å². The number of fused-ring (bicyclic) bond motifs is 1. The number of carbonyl (C=O) groups is 1. The van der Waals surface area contributed by atoms with Crippen LogP contribution in [0, 0.1) is 17.2 Å². The van der Waals surface area contributed by atoms with Crippen LogP contribution in [0.5, 0.6) is 5.75 Å². The van der Waals surface area contributed by atoms with Gasteiger partial charge in [-0.25, -0.2) is 9.51 Å². The molecule has 36 heavy (non-hydrogen) atoms. The molecule has 1 aliphatic rings. The maximum atomic E-state index is 12.5. The topological polar surface area (TPSA) is 116 Å². The minimum atomic E-state index is -0.984. The summed E-state index contributed by atoms with van der Waals surface area (Å²) in [5.41, 5.74) is 2.88. The van der Waals surface area contributed by atoms with E-state index in [1.807, 2.05) is 39.0 Å². The maximum absolute atomic E-state index is 12.5. The van der Waals surface area contributed by atoms with E-state index in [-0.39, 0.29) is 11.8 Å². The Labute approximate surface area is 211 Å². The van der Waals surface area contributed by atoms with E-state index in [2.05, 4.69) is 27.8 Å². The van der Waals surface area contributed by atoms with Crippen molar-refractivity contribution < 1.29 is 19.4 Å². The van der Waals surface area contributed by atoms with Crippen molar-refractivity contribution in [3.63, 3.8) is 0 Å². The van der Waals surface area contributed by atoms with Gasteiger partial charge in [-0.2, -0.15) is 10.4 Å². The molecule has 3 rings (SSSR count). The highest BCUT2D eigenvalue weighted by molar-refractivity contribution is 5.82. The lowest BCUT2D eigenvalue weighted by Gasteiger charge is -2.37. The van der Waals surface area contributed by atoms with Crippen LogP contribution in [0.1, 0.15) is 31.9 Å². The van der Waals surface area contributed by atoms with Crippen LogP contribution in [0.3, 0.4) is 0 Å². The molecule has 2 aromatic rings. The van der Waals surface area contributed by atoms with Crippen LogP contribution >= 0.6 is 0 Å². The molecule has 192 valence electrons. The molecule has 1 amide bonds. The number of nitriles is 1. The molecule has 0 aromatic carbocycles. The number of aliphatic hydroxyl groups excluding tert-OH is 1. The number of nitrogens with zero attached hydrogens (tertiary/aromatic N) is 6. The second kappa shape index (κ2) is 12.3.